The molecule has 0 amide bonds. The highest BCUT2D eigenvalue weighted by molar-refractivity contribution is 6.34. The Hall–Kier alpha value is -2.24. The highest BCUT2D eigenvalue weighted by Gasteiger charge is 2.08. The van der Waals surface area contributed by atoms with E-state index in [4.69, 9.17) is 32.4 Å². The minimum atomic E-state index is -0.650. The summed E-state index contributed by atoms with van der Waals surface area (Å²) in [5.74, 6) is -0.120. The molecule has 0 atom stereocenters. The second kappa shape index (κ2) is 7.76. The topological polar surface area (TPSA) is 61.4 Å². The molecule has 0 bridgehead atoms. The van der Waals surface area contributed by atoms with E-state index in [1.165, 1.54) is 4.57 Å². The summed E-state index contributed by atoms with van der Waals surface area (Å²) in [6, 6.07) is 11.9. The first-order chi connectivity index (χ1) is 12.1. The molecule has 0 fully saturated rings. The molecule has 0 aliphatic heterocycles. The molecular weight excluding hydrogens is 365 g/mol. The van der Waals surface area contributed by atoms with Crippen LogP contribution in [-0.2, 0) is 6.54 Å². The summed E-state index contributed by atoms with van der Waals surface area (Å²) in [6.45, 7) is 0.860. The maximum atomic E-state index is 12.0. The molecule has 7 heteroatoms. The fourth-order valence-corrected chi connectivity index (χ4v) is 2.86. The molecule has 5 nitrogen and oxygen atoms in total. The first-order valence-electron chi connectivity index (χ1n) is 7.77. The lowest BCUT2D eigenvalue weighted by molar-refractivity contribution is 0.301. The van der Waals surface area contributed by atoms with Gasteiger partial charge in [-0.15, -0.1) is 0 Å². The van der Waals surface area contributed by atoms with E-state index >= 15 is 0 Å². The highest BCUT2D eigenvalue weighted by atomic mass is 35.5. The molecule has 0 saturated carbocycles. The number of hydrogen-bond donors (Lipinski definition) is 0. The number of unbranched alkanes of at least 4 members (excludes halogenated alkanes) is 1. The Bertz CT molecular complexity index is 1010. The minimum Gasteiger partial charge on any atom is -0.492 e. The van der Waals surface area contributed by atoms with E-state index in [1.807, 2.05) is 0 Å². The Morgan fingerprint density at radius 3 is 2.68 bits per heavy atom. The molecule has 130 valence electrons. The van der Waals surface area contributed by atoms with Crippen LogP contribution in [0.1, 0.15) is 12.8 Å². The fourth-order valence-electron chi connectivity index (χ4n) is 2.52. The van der Waals surface area contributed by atoms with Crippen LogP contribution in [0.25, 0.3) is 10.9 Å². The van der Waals surface area contributed by atoms with E-state index in [-0.39, 0.29) is 0 Å². The van der Waals surface area contributed by atoms with Gasteiger partial charge in [0.2, 0.25) is 0 Å². The van der Waals surface area contributed by atoms with Gasteiger partial charge in [0.25, 0.3) is 0 Å². The summed E-state index contributed by atoms with van der Waals surface area (Å²) >= 11 is 11.9. The van der Waals surface area contributed by atoms with E-state index in [0.717, 1.165) is 0 Å². The van der Waals surface area contributed by atoms with Crippen molar-refractivity contribution < 1.29 is 9.15 Å². The maximum absolute atomic E-state index is 12.0. The first kappa shape index (κ1) is 17.6. The first-order valence-corrected chi connectivity index (χ1v) is 8.52. The van der Waals surface area contributed by atoms with E-state index in [2.05, 4.69) is 0 Å². The van der Waals surface area contributed by atoms with Gasteiger partial charge in [-0.05, 0) is 37.1 Å². The summed E-state index contributed by atoms with van der Waals surface area (Å²) in [6.07, 6.45) is 1.37. The Balaban J connectivity index is 1.63. The molecule has 0 spiro atoms. The van der Waals surface area contributed by atoms with Gasteiger partial charge in [-0.1, -0.05) is 35.3 Å². The van der Waals surface area contributed by atoms with Crippen molar-refractivity contribution in [3.63, 3.8) is 0 Å². The zero-order valence-corrected chi connectivity index (χ0v) is 14.7. The zero-order valence-electron chi connectivity index (χ0n) is 13.2. The third-order valence-corrected chi connectivity index (χ3v) is 4.29. The fraction of sp³-hybridized carbons (Fsp3) is 0.222. The Morgan fingerprint density at radius 2 is 1.84 bits per heavy atom. The number of aryl methyl sites for hydroxylation is 1. The summed E-state index contributed by atoms with van der Waals surface area (Å²) in [5.41, 5.74) is -0.0432. The van der Waals surface area contributed by atoms with Crippen molar-refractivity contribution in [2.75, 3.05) is 6.61 Å². The number of fused-ring (bicyclic) bond motifs is 1. The standard InChI is InChI=1S/C18H15Cl2NO4/c19-12-7-8-14(20)16(11-12)24-10-4-3-9-21-15-6-2-1-5-13(15)17(22)25-18(21)23/h1-2,5-8,11H,3-4,9-10H2. The van der Waals surface area contributed by atoms with Crippen molar-refractivity contribution in [3.05, 3.63) is 73.5 Å². The number of nitrogens with zero attached hydrogens (tertiary/aromatic N) is 1. The van der Waals surface area contributed by atoms with Gasteiger partial charge in [0, 0.05) is 17.6 Å². The molecule has 0 aliphatic rings. The molecule has 1 aromatic heterocycles. The number of para-hydroxylation sites is 1. The van der Waals surface area contributed by atoms with Crippen molar-refractivity contribution in [1.82, 2.24) is 4.57 Å². The van der Waals surface area contributed by atoms with Crippen LogP contribution in [0.15, 0.2) is 56.5 Å². The van der Waals surface area contributed by atoms with Gasteiger partial charge in [-0.2, -0.15) is 0 Å². The predicted octanol–water partition coefficient (Wildman–Crippen LogP) is 4.12. The molecule has 0 saturated heterocycles. The predicted molar refractivity (Wildman–Crippen MR) is 97.9 cm³/mol. The van der Waals surface area contributed by atoms with Crippen molar-refractivity contribution in [1.29, 1.82) is 0 Å². The Morgan fingerprint density at radius 1 is 1.04 bits per heavy atom. The van der Waals surface area contributed by atoms with Crippen LogP contribution in [0.3, 0.4) is 0 Å². The second-order valence-corrected chi connectivity index (χ2v) is 6.30. The molecule has 1 heterocycles. The van der Waals surface area contributed by atoms with Crippen LogP contribution in [0, 0.1) is 0 Å². The quantitative estimate of drug-likeness (QED) is 0.604. The average molecular weight is 380 g/mol. The van der Waals surface area contributed by atoms with Gasteiger partial charge in [-0.3, -0.25) is 4.57 Å². The number of ether oxygens (including phenoxy) is 1. The maximum Gasteiger partial charge on any atom is 0.422 e. The van der Waals surface area contributed by atoms with Crippen molar-refractivity contribution >= 4 is 34.1 Å². The van der Waals surface area contributed by atoms with Gasteiger partial charge in [0.05, 0.1) is 22.5 Å². The zero-order chi connectivity index (χ0) is 17.8. The number of aromatic nitrogens is 1. The molecule has 3 aromatic rings. The molecular formula is C18H15Cl2NO4. The van der Waals surface area contributed by atoms with Crippen LogP contribution in [0.2, 0.25) is 10.0 Å². The van der Waals surface area contributed by atoms with Crippen LogP contribution in [0.5, 0.6) is 5.75 Å². The third kappa shape index (κ3) is 4.06. The van der Waals surface area contributed by atoms with Crippen molar-refractivity contribution in [3.8, 4) is 5.75 Å². The molecule has 2 aromatic carbocycles. The summed E-state index contributed by atoms with van der Waals surface area (Å²) in [5, 5.41) is 1.44. The lowest BCUT2D eigenvalue weighted by Crippen LogP contribution is -2.25. The largest absolute Gasteiger partial charge is 0.492 e. The molecule has 0 N–H and O–H groups in total. The molecule has 25 heavy (non-hydrogen) atoms. The highest BCUT2D eigenvalue weighted by Crippen LogP contribution is 2.27. The molecule has 0 unspecified atom stereocenters. The summed E-state index contributed by atoms with van der Waals surface area (Å²) < 4.78 is 11.8. The third-order valence-electron chi connectivity index (χ3n) is 3.74. The molecule has 0 radical (unpaired) electrons. The smallest absolute Gasteiger partial charge is 0.422 e. The Labute approximate surface area is 153 Å². The van der Waals surface area contributed by atoms with Gasteiger partial charge < -0.3 is 9.15 Å². The van der Waals surface area contributed by atoms with Gasteiger partial charge in [0.1, 0.15) is 5.75 Å². The van der Waals surface area contributed by atoms with E-state index in [0.29, 0.717) is 52.7 Å². The lowest BCUT2D eigenvalue weighted by atomic mass is 10.2. The van der Waals surface area contributed by atoms with Crippen molar-refractivity contribution in [2.45, 2.75) is 19.4 Å². The Kier molecular flexibility index (Phi) is 5.46. The van der Waals surface area contributed by atoms with E-state index in [9.17, 15) is 9.59 Å². The van der Waals surface area contributed by atoms with Crippen LogP contribution >= 0.6 is 23.2 Å². The summed E-state index contributed by atoms with van der Waals surface area (Å²) in [4.78, 5) is 23.7. The number of rotatable bonds is 6. The molecule has 3 rings (SSSR count). The van der Waals surface area contributed by atoms with Gasteiger partial charge >= 0.3 is 11.4 Å². The SMILES string of the molecule is O=c1oc(=O)n(CCCCOc2cc(Cl)ccc2Cl)c2ccccc12. The molecule has 0 aliphatic carbocycles. The van der Waals surface area contributed by atoms with Crippen LogP contribution in [-0.4, -0.2) is 11.2 Å². The average Bonchev–Trinajstić information content (AvgIpc) is 2.60. The monoisotopic (exact) mass is 379 g/mol. The van der Waals surface area contributed by atoms with Crippen LogP contribution in [0.4, 0.5) is 0 Å². The van der Waals surface area contributed by atoms with Gasteiger partial charge in [0.15, 0.2) is 0 Å². The number of halogens is 2. The minimum absolute atomic E-state index is 0.393. The summed E-state index contributed by atoms with van der Waals surface area (Å²) in [7, 11) is 0. The number of hydrogen-bond acceptors (Lipinski definition) is 4. The van der Waals surface area contributed by atoms with Gasteiger partial charge in [-0.25, -0.2) is 9.59 Å². The van der Waals surface area contributed by atoms with Crippen LogP contribution < -0.4 is 16.1 Å². The van der Waals surface area contributed by atoms with E-state index < -0.39 is 11.4 Å². The van der Waals surface area contributed by atoms with Crippen molar-refractivity contribution in [2.24, 2.45) is 0 Å². The number of benzene rings is 2. The second-order valence-electron chi connectivity index (χ2n) is 5.45. The normalized spacial score (nSPS) is 11.0. The lowest BCUT2D eigenvalue weighted by Gasteiger charge is -2.10. The van der Waals surface area contributed by atoms with E-state index in [1.54, 1.807) is 42.5 Å².